The number of rotatable bonds is 38. The standard InChI is InChI=1S/C43H76O8/c1-3-5-7-9-11-13-15-17-19-21-23-25-27-29-31-33-41(46)49-37-39(38-50-42(47)36-35-40(44)45)51-43(48)34-32-30-28-26-24-22-20-18-16-14-12-10-8-6-4-2/h17-20,39H,3-16,21-38H2,1-2H3,(H,44,45)/b19-17-,20-18-/t39-/m1/s1. The van der Waals surface area contributed by atoms with E-state index < -0.39 is 24.0 Å². The molecule has 0 aliphatic carbocycles. The van der Waals surface area contributed by atoms with Crippen LogP contribution in [0.1, 0.15) is 206 Å². The molecule has 1 atom stereocenters. The highest BCUT2D eigenvalue weighted by atomic mass is 16.6. The molecule has 0 bridgehead atoms. The Morgan fingerprint density at radius 1 is 0.431 bits per heavy atom. The van der Waals surface area contributed by atoms with E-state index in [0.29, 0.717) is 6.42 Å². The Kier molecular flexibility index (Phi) is 36.6. The first-order chi connectivity index (χ1) is 24.9. The molecule has 0 saturated heterocycles. The van der Waals surface area contributed by atoms with Gasteiger partial charge in [-0.25, -0.2) is 0 Å². The van der Waals surface area contributed by atoms with Gasteiger partial charge in [-0.15, -0.1) is 0 Å². The molecule has 0 aromatic heterocycles. The van der Waals surface area contributed by atoms with Crippen LogP contribution >= 0.6 is 0 Å². The first-order valence-electron chi connectivity index (χ1n) is 20.9. The Bertz CT molecular complexity index is 896. The second-order valence-corrected chi connectivity index (χ2v) is 14.0. The van der Waals surface area contributed by atoms with Gasteiger partial charge in [-0.05, 0) is 64.2 Å². The van der Waals surface area contributed by atoms with E-state index in [4.69, 9.17) is 19.3 Å². The third kappa shape index (κ3) is 38.4. The number of ether oxygens (including phenoxy) is 3. The largest absolute Gasteiger partial charge is 0.481 e. The summed E-state index contributed by atoms with van der Waals surface area (Å²) in [7, 11) is 0. The number of esters is 3. The van der Waals surface area contributed by atoms with Gasteiger partial charge in [0, 0.05) is 12.8 Å². The van der Waals surface area contributed by atoms with Gasteiger partial charge in [-0.3, -0.25) is 19.2 Å². The molecule has 0 amide bonds. The molecule has 0 spiro atoms. The highest BCUT2D eigenvalue weighted by molar-refractivity contribution is 5.76. The number of hydrogen-bond donors (Lipinski definition) is 1. The van der Waals surface area contributed by atoms with Crippen LogP contribution in [-0.2, 0) is 33.4 Å². The predicted octanol–water partition coefficient (Wildman–Crippen LogP) is 11.9. The molecule has 0 saturated carbocycles. The van der Waals surface area contributed by atoms with Gasteiger partial charge in [-0.2, -0.15) is 0 Å². The Morgan fingerprint density at radius 3 is 1.16 bits per heavy atom. The van der Waals surface area contributed by atoms with E-state index in [9.17, 15) is 19.2 Å². The summed E-state index contributed by atoms with van der Waals surface area (Å²) in [6.07, 6.45) is 38.7. The number of carbonyl (C=O) groups excluding carboxylic acids is 3. The number of unbranched alkanes of at least 4 members (excludes halogenated alkanes) is 22. The molecular formula is C43H76O8. The monoisotopic (exact) mass is 721 g/mol. The molecule has 0 aliphatic heterocycles. The summed E-state index contributed by atoms with van der Waals surface area (Å²) in [4.78, 5) is 47.6. The predicted molar refractivity (Wildman–Crippen MR) is 208 cm³/mol. The van der Waals surface area contributed by atoms with Crippen LogP contribution in [0.3, 0.4) is 0 Å². The molecule has 8 heteroatoms. The van der Waals surface area contributed by atoms with Crippen molar-refractivity contribution in [2.45, 2.75) is 213 Å². The zero-order chi connectivity index (χ0) is 37.5. The summed E-state index contributed by atoms with van der Waals surface area (Å²) in [5, 5.41) is 8.80. The zero-order valence-corrected chi connectivity index (χ0v) is 32.8. The van der Waals surface area contributed by atoms with Gasteiger partial charge in [0.25, 0.3) is 0 Å². The molecule has 0 radical (unpaired) electrons. The average molecular weight is 721 g/mol. The van der Waals surface area contributed by atoms with Crippen LogP contribution in [0.25, 0.3) is 0 Å². The van der Waals surface area contributed by atoms with E-state index in [0.717, 1.165) is 70.6 Å². The molecular weight excluding hydrogens is 644 g/mol. The quantitative estimate of drug-likeness (QED) is 0.0290. The number of carbonyl (C=O) groups is 4. The van der Waals surface area contributed by atoms with Crippen LogP contribution in [0.15, 0.2) is 24.3 Å². The third-order valence-electron chi connectivity index (χ3n) is 8.99. The van der Waals surface area contributed by atoms with Crippen molar-refractivity contribution in [1.82, 2.24) is 0 Å². The van der Waals surface area contributed by atoms with Gasteiger partial charge >= 0.3 is 23.9 Å². The summed E-state index contributed by atoms with van der Waals surface area (Å²) in [5.41, 5.74) is 0. The maximum atomic E-state index is 12.5. The molecule has 0 aromatic rings. The molecule has 0 fully saturated rings. The molecule has 0 aliphatic rings. The second-order valence-electron chi connectivity index (χ2n) is 14.0. The molecule has 0 heterocycles. The van der Waals surface area contributed by atoms with E-state index in [1.165, 1.54) is 89.9 Å². The lowest BCUT2D eigenvalue weighted by Gasteiger charge is -2.18. The van der Waals surface area contributed by atoms with Crippen LogP contribution in [0, 0.1) is 0 Å². The first-order valence-corrected chi connectivity index (χ1v) is 20.9. The summed E-state index contributed by atoms with van der Waals surface area (Å²) in [6.45, 7) is 4.01. The van der Waals surface area contributed by atoms with Gasteiger partial charge < -0.3 is 19.3 Å². The lowest BCUT2D eigenvalue weighted by atomic mass is 10.1. The molecule has 0 unspecified atom stereocenters. The van der Waals surface area contributed by atoms with Gasteiger partial charge in [0.15, 0.2) is 6.10 Å². The molecule has 0 aromatic carbocycles. The zero-order valence-electron chi connectivity index (χ0n) is 32.8. The van der Waals surface area contributed by atoms with Crippen LogP contribution in [0.2, 0.25) is 0 Å². The van der Waals surface area contributed by atoms with E-state index >= 15 is 0 Å². The van der Waals surface area contributed by atoms with Gasteiger partial charge in [0.2, 0.25) is 0 Å². The van der Waals surface area contributed by atoms with Gasteiger partial charge in [0.05, 0.1) is 12.8 Å². The van der Waals surface area contributed by atoms with Crippen molar-refractivity contribution in [3.63, 3.8) is 0 Å². The lowest BCUT2D eigenvalue weighted by molar-refractivity contribution is -0.167. The number of hydrogen-bond acceptors (Lipinski definition) is 7. The van der Waals surface area contributed by atoms with Crippen molar-refractivity contribution < 1.29 is 38.5 Å². The fourth-order valence-electron chi connectivity index (χ4n) is 5.77. The number of aliphatic carboxylic acids is 1. The maximum Gasteiger partial charge on any atom is 0.306 e. The van der Waals surface area contributed by atoms with Crippen LogP contribution in [0.5, 0.6) is 0 Å². The summed E-state index contributed by atoms with van der Waals surface area (Å²) in [6, 6.07) is 0. The fourth-order valence-corrected chi connectivity index (χ4v) is 5.77. The highest BCUT2D eigenvalue weighted by Crippen LogP contribution is 2.13. The minimum Gasteiger partial charge on any atom is -0.481 e. The molecule has 51 heavy (non-hydrogen) atoms. The molecule has 1 N–H and O–H groups in total. The second kappa shape index (κ2) is 38.6. The van der Waals surface area contributed by atoms with Crippen molar-refractivity contribution in [2.24, 2.45) is 0 Å². The fraction of sp³-hybridized carbons (Fsp3) is 0.814. The lowest BCUT2D eigenvalue weighted by Crippen LogP contribution is -2.31. The van der Waals surface area contributed by atoms with E-state index in [-0.39, 0.29) is 44.9 Å². The maximum absolute atomic E-state index is 12.5. The van der Waals surface area contributed by atoms with Gasteiger partial charge in [-0.1, -0.05) is 141 Å². The average Bonchev–Trinajstić information content (AvgIpc) is 3.11. The minimum absolute atomic E-state index is 0.200. The van der Waals surface area contributed by atoms with E-state index in [1.54, 1.807) is 0 Å². The molecule has 0 rings (SSSR count). The first kappa shape index (κ1) is 48.4. The van der Waals surface area contributed by atoms with E-state index in [2.05, 4.69) is 38.2 Å². The highest BCUT2D eigenvalue weighted by Gasteiger charge is 2.20. The smallest absolute Gasteiger partial charge is 0.306 e. The minimum atomic E-state index is -1.10. The van der Waals surface area contributed by atoms with Crippen molar-refractivity contribution in [1.29, 1.82) is 0 Å². The van der Waals surface area contributed by atoms with Crippen molar-refractivity contribution >= 4 is 23.9 Å². The molecule has 8 nitrogen and oxygen atoms in total. The Labute approximate surface area is 311 Å². The van der Waals surface area contributed by atoms with E-state index in [1.807, 2.05) is 0 Å². The number of carboxylic acids is 1. The van der Waals surface area contributed by atoms with Crippen molar-refractivity contribution in [3.05, 3.63) is 24.3 Å². The Balaban J connectivity index is 4.16. The molecule has 296 valence electrons. The van der Waals surface area contributed by atoms with Crippen LogP contribution in [0.4, 0.5) is 0 Å². The summed E-state index contributed by atoms with van der Waals surface area (Å²) < 4.78 is 16.0. The summed E-state index contributed by atoms with van der Waals surface area (Å²) in [5.74, 6) is -2.59. The Morgan fingerprint density at radius 2 is 0.765 bits per heavy atom. The summed E-state index contributed by atoms with van der Waals surface area (Å²) >= 11 is 0. The van der Waals surface area contributed by atoms with Crippen molar-refractivity contribution in [2.75, 3.05) is 13.2 Å². The van der Waals surface area contributed by atoms with Crippen LogP contribution in [-0.4, -0.2) is 48.3 Å². The number of carboxylic acid groups (broad SMARTS) is 1. The normalized spacial score (nSPS) is 12.0. The van der Waals surface area contributed by atoms with Gasteiger partial charge in [0.1, 0.15) is 13.2 Å². The van der Waals surface area contributed by atoms with Crippen LogP contribution < -0.4 is 0 Å². The Hall–Kier alpha value is -2.64. The number of allylic oxidation sites excluding steroid dienone is 4. The van der Waals surface area contributed by atoms with Crippen molar-refractivity contribution in [3.8, 4) is 0 Å². The SMILES string of the molecule is CCCCCCCC/C=C\CCCCCCCC(=O)OC[C@H](COC(=O)CCC(=O)O)OC(=O)CCCCCCC/C=C\CCCCCCCC. The topological polar surface area (TPSA) is 116 Å². The third-order valence-corrected chi connectivity index (χ3v) is 8.99.